The molecule has 1 aliphatic heterocycles. The molecule has 0 atom stereocenters. The summed E-state index contributed by atoms with van der Waals surface area (Å²) < 4.78 is 1.04. The Hall–Kier alpha value is -2.07. The highest BCUT2D eigenvalue weighted by atomic mass is 79.9. The molecule has 2 aromatic carbocycles. The number of carbonyl (C=O) groups is 1. The Bertz CT molecular complexity index is 729. The van der Waals surface area contributed by atoms with E-state index >= 15 is 0 Å². The summed E-state index contributed by atoms with van der Waals surface area (Å²) in [6.07, 6.45) is 5.51. The molecular weight excluding hydrogens is 376 g/mol. The van der Waals surface area contributed by atoms with Crippen LogP contribution in [0.1, 0.15) is 24.0 Å². The van der Waals surface area contributed by atoms with Crippen LogP contribution in [0.4, 0.5) is 5.69 Å². The van der Waals surface area contributed by atoms with E-state index in [0.29, 0.717) is 6.04 Å². The number of anilines is 1. The van der Waals surface area contributed by atoms with Crippen molar-refractivity contribution in [3.63, 3.8) is 0 Å². The standard InChI is InChI=1S/C21H23BrN2O/c1-16-2-9-19(10-3-16)23-20-12-14-24(15-13-20)21(25)11-6-17-4-7-18(22)8-5-17/h2-11,20,23H,12-15H2,1H3/b11-6+. The third kappa shape index (κ3) is 5.20. The predicted molar refractivity (Wildman–Crippen MR) is 108 cm³/mol. The first-order valence-corrected chi connectivity index (χ1v) is 9.45. The van der Waals surface area contributed by atoms with Gasteiger partial charge in [0, 0.05) is 35.4 Å². The van der Waals surface area contributed by atoms with Gasteiger partial charge < -0.3 is 10.2 Å². The molecule has 130 valence electrons. The monoisotopic (exact) mass is 398 g/mol. The maximum atomic E-state index is 12.4. The van der Waals surface area contributed by atoms with Crippen LogP contribution in [0.2, 0.25) is 0 Å². The highest BCUT2D eigenvalue weighted by Crippen LogP contribution is 2.18. The van der Waals surface area contributed by atoms with Crippen LogP contribution in [0.5, 0.6) is 0 Å². The second-order valence-electron chi connectivity index (χ2n) is 6.49. The highest BCUT2D eigenvalue weighted by molar-refractivity contribution is 9.10. The van der Waals surface area contributed by atoms with Gasteiger partial charge in [0.15, 0.2) is 0 Å². The molecule has 25 heavy (non-hydrogen) atoms. The molecule has 1 heterocycles. The van der Waals surface area contributed by atoms with E-state index < -0.39 is 0 Å². The molecule has 0 radical (unpaired) electrons. The molecule has 0 aromatic heterocycles. The first-order valence-electron chi connectivity index (χ1n) is 8.66. The Morgan fingerprint density at radius 1 is 1.08 bits per heavy atom. The van der Waals surface area contributed by atoms with Crippen molar-refractivity contribution in [1.82, 2.24) is 4.90 Å². The molecule has 1 amide bonds. The normalized spacial score (nSPS) is 15.5. The molecule has 3 nitrogen and oxygen atoms in total. The van der Waals surface area contributed by atoms with E-state index in [4.69, 9.17) is 0 Å². The third-order valence-corrected chi connectivity index (χ3v) is 5.05. The number of likely N-dealkylation sites (tertiary alicyclic amines) is 1. The molecule has 3 rings (SSSR count). The number of hydrogen-bond acceptors (Lipinski definition) is 2. The number of nitrogens with zero attached hydrogens (tertiary/aromatic N) is 1. The second kappa shape index (κ2) is 8.34. The molecule has 0 aliphatic carbocycles. The Morgan fingerprint density at radius 2 is 1.72 bits per heavy atom. The summed E-state index contributed by atoms with van der Waals surface area (Å²) in [6.45, 7) is 3.69. The van der Waals surface area contributed by atoms with Crippen LogP contribution in [0.25, 0.3) is 6.08 Å². The van der Waals surface area contributed by atoms with Gasteiger partial charge in [-0.25, -0.2) is 0 Å². The van der Waals surface area contributed by atoms with Crippen LogP contribution < -0.4 is 5.32 Å². The number of aryl methyl sites for hydroxylation is 1. The molecule has 0 saturated carbocycles. The first kappa shape index (κ1) is 17.7. The van der Waals surface area contributed by atoms with Crippen molar-refractivity contribution in [3.8, 4) is 0 Å². The molecule has 1 saturated heterocycles. The van der Waals surface area contributed by atoms with E-state index in [0.717, 1.165) is 41.7 Å². The van der Waals surface area contributed by atoms with Crippen molar-refractivity contribution in [3.05, 3.63) is 70.2 Å². The number of nitrogens with one attached hydrogen (secondary N) is 1. The molecule has 1 N–H and O–H groups in total. The number of carbonyl (C=O) groups excluding carboxylic acids is 1. The molecule has 1 aliphatic rings. The summed E-state index contributed by atoms with van der Waals surface area (Å²) >= 11 is 3.42. The summed E-state index contributed by atoms with van der Waals surface area (Å²) in [5.74, 6) is 0.0942. The van der Waals surface area contributed by atoms with Gasteiger partial charge in [-0.15, -0.1) is 0 Å². The first-order chi connectivity index (χ1) is 12.1. The number of benzene rings is 2. The number of amides is 1. The zero-order chi connectivity index (χ0) is 17.6. The SMILES string of the molecule is Cc1ccc(NC2CCN(C(=O)/C=C/c3ccc(Br)cc3)CC2)cc1. The average Bonchev–Trinajstić information content (AvgIpc) is 2.63. The molecule has 4 heteroatoms. The molecule has 1 fully saturated rings. The average molecular weight is 399 g/mol. The van der Waals surface area contributed by atoms with Crippen LogP contribution >= 0.6 is 15.9 Å². The zero-order valence-electron chi connectivity index (χ0n) is 14.4. The quantitative estimate of drug-likeness (QED) is 0.744. The smallest absolute Gasteiger partial charge is 0.246 e. The van der Waals surface area contributed by atoms with E-state index in [-0.39, 0.29) is 5.91 Å². The van der Waals surface area contributed by atoms with Gasteiger partial charge in [0.05, 0.1) is 0 Å². The maximum Gasteiger partial charge on any atom is 0.246 e. The Kier molecular flexibility index (Phi) is 5.92. The molecule has 0 spiro atoms. The van der Waals surface area contributed by atoms with Crippen molar-refractivity contribution in [1.29, 1.82) is 0 Å². The van der Waals surface area contributed by atoms with E-state index in [1.807, 2.05) is 35.2 Å². The number of halogens is 1. The van der Waals surface area contributed by atoms with Crippen LogP contribution in [0, 0.1) is 6.92 Å². The van der Waals surface area contributed by atoms with Gasteiger partial charge in [-0.05, 0) is 55.7 Å². The summed E-state index contributed by atoms with van der Waals surface area (Å²) in [7, 11) is 0. The topological polar surface area (TPSA) is 32.3 Å². The van der Waals surface area contributed by atoms with E-state index in [1.165, 1.54) is 5.56 Å². The Balaban J connectivity index is 1.48. The molecular formula is C21H23BrN2O. The molecule has 0 bridgehead atoms. The van der Waals surface area contributed by atoms with Crippen LogP contribution in [-0.2, 0) is 4.79 Å². The van der Waals surface area contributed by atoms with Crippen molar-refractivity contribution in [2.24, 2.45) is 0 Å². The van der Waals surface area contributed by atoms with Gasteiger partial charge >= 0.3 is 0 Å². The van der Waals surface area contributed by atoms with Crippen molar-refractivity contribution < 1.29 is 4.79 Å². The lowest BCUT2D eigenvalue weighted by Crippen LogP contribution is -2.41. The number of piperidine rings is 1. The minimum Gasteiger partial charge on any atom is -0.382 e. The summed E-state index contributed by atoms with van der Waals surface area (Å²) in [4.78, 5) is 14.3. The zero-order valence-corrected chi connectivity index (χ0v) is 16.0. The van der Waals surface area contributed by atoms with Crippen LogP contribution in [0.15, 0.2) is 59.1 Å². The van der Waals surface area contributed by atoms with Gasteiger partial charge in [0.2, 0.25) is 5.91 Å². The minimum absolute atomic E-state index is 0.0942. The lowest BCUT2D eigenvalue weighted by atomic mass is 10.0. The lowest BCUT2D eigenvalue weighted by Gasteiger charge is -2.32. The second-order valence-corrected chi connectivity index (χ2v) is 7.41. The van der Waals surface area contributed by atoms with Gasteiger partial charge in [0.25, 0.3) is 0 Å². The summed E-state index contributed by atoms with van der Waals surface area (Å²) in [5, 5.41) is 3.57. The largest absolute Gasteiger partial charge is 0.382 e. The van der Waals surface area contributed by atoms with E-state index in [2.05, 4.69) is 52.4 Å². The lowest BCUT2D eigenvalue weighted by molar-refractivity contribution is -0.126. The van der Waals surface area contributed by atoms with Gasteiger partial charge in [-0.3, -0.25) is 4.79 Å². The van der Waals surface area contributed by atoms with Gasteiger partial charge in [0.1, 0.15) is 0 Å². The number of hydrogen-bond donors (Lipinski definition) is 1. The van der Waals surface area contributed by atoms with Crippen molar-refractivity contribution in [2.45, 2.75) is 25.8 Å². The van der Waals surface area contributed by atoms with E-state index in [1.54, 1.807) is 6.08 Å². The Morgan fingerprint density at radius 3 is 2.36 bits per heavy atom. The maximum absolute atomic E-state index is 12.4. The van der Waals surface area contributed by atoms with Crippen molar-refractivity contribution >= 4 is 33.6 Å². The summed E-state index contributed by atoms with van der Waals surface area (Å²) in [5.41, 5.74) is 3.46. The van der Waals surface area contributed by atoms with Crippen LogP contribution in [0.3, 0.4) is 0 Å². The fourth-order valence-electron chi connectivity index (χ4n) is 2.98. The van der Waals surface area contributed by atoms with Gasteiger partial charge in [-0.2, -0.15) is 0 Å². The fourth-order valence-corrected chi connectivity index (χ4v) is 3.24. The third-order valence-electron chi connectivity index (χ3n) is 4.52. The van der Waals surface area contributed by atoms with E-state index in [9.17, 15) is 4.79 Å². The Labute approximate surface area is 157 Å². The highest BCUT2D eigenvalue weighted by Gasteiger charge is 2.21. The summed E-state index contributed by atoms with van der Waals surface area (Å²) in [6, 6.07) is 16.8. The number of rotatable bonds is 4. The van der Waals surface area contributed by atoms with Gasteiger partial charge in [-0.1, -0.05) is 45.8 Å². The minimum atomic E-state index is 0.0942. The molecule has 2 aromatic rings. The fraction of sp³-hybridized carbons (Fsp3) is 0.286. The van der Waals surface area contributed by atoms with Crippen LogP contribution in [-0.4, -0.2) is 29.9 Å². The van der Waals surface area contributed by atoms with Crippen molar-refractivity contribution in [2.75, 3.05) is 18.4 Å². The molecule has 0 unspecified atom stereocenters. The predicted octanol–water partition coefficient (Wildman–Crippen LogP) is 4.87.